The molecule has 1 aliphatic rings. The first kappa shape index (κ1) is 13.5. The fourth-order valence-corrected chi connectivity index (χ4v) is 2.57. The molecule has 0 amide bonds. The second kappa shape index (κ2) is 5.36. The maximum Gasteiger partial charge on any atom is 0.151 e. The zero-order valence-corrected chi connectivity index (χ0v) is 11.8. The molecule has 5 heteroatoms. The molecule has 1 heterocycles. The van der Waals surface area contributed by atoms with Crippen LogP contribution in [0.15, 0.2) is 6.33 Å². The second-order valence-electron chi connectivity index (χ2n) is 5.59. The molecule has 1 fully saturated rings. The van der Waals surface area contributed by atoms with Gasteiger partial charge in [0.25, 0.3) is 0 Å². The molecule has 0 saturated heterocycles. The Labute approximate surface area is 109 Å². The monoisotopic (exact) mass is 252 g/mol. The fourth-order valence-electron chi connectivity index (χ4n) is 2.57. The van der Waals surface area contributed by atoms with Gasteiger partial charge in [-0.15, -0.1) is 0 Å². The lowest BCUT2D eigenvalue weighted by Gasteiger charge is -2.52. The average molecular weight is 252 g/mol. The van der Waals surface area contributed by atoms with E-state index in [0.717, 1.165) is 31.8 Å². The van der Waals surface area contributed by atoms with Crippen LogP contribution in [0.4, 0.5) is 0 Å². The number of nitrogens with zero attached hydrogens (tertiary/aromatic N) is 3. The van der Waals surface area contributed by atoms with E-state index in [4.69, 9.17) is 4.74 Å². The molecular formula is C13H24N4O. The second-order valence-corrected chi connectivity index (χ2v) is 5.59. The number of rotatable bonds is 6. The summed E-state index contributed by atoms with van der Waals surface area (Å²) in [4.78, 5) is 4.22. The molecule has 0 aliphatic heterocycles. The standard InChI is InChI=1S/C13H24N4O/c1-5-18-11-8-10(13(11,2)3)14-7-6-12-15-9-17(4)16-12/h9-11,14H,5-8H2,1-4H3. The van der Waals surface area contributed by atoms with Crippen LogP contribution >= 0.6 is 0 Å². The van der Waals surface area contributed by atoms with Gasteiger partial charge in [-0.05, 0) is 13.3 Å². The van der Waals surface area contributed by atoms with Crippen LogP contribution in [-0.4, -0.2) is 40.1 Å². The molecule has 2 atom stereocenters. The van der Waals surface area contributed by atoms with E-state index in [1.165, 1.54) is 0 Å². The van der Waals surface area contributed by atoms with Gasteiger partial charge in [0.15, 0.2) is 5.82 Å². The molecule has 2 unspecified atom stereocenters. The number of nitrogens with one attached hydrogen (secondary N) is 1. The highest BCUT2D eigenvalue weighted by Crippen LogP contribution is 2.42. The molecule has 0 bridgehead atoms. The van der Waals surface area contributed by atoms with Gasteiger partial charge in [0.2, 0.25) is 0 Å². The highest BCUT2D eigenvalue weighted by Gasteiger charge is 2.48. The van der Waals surface area contributed by atoms with Crippen LogP contribution < -0.4 is 5.32 Å². The minimum atomic E-state index is 0.230. The third kappa shape index (κ3) is 2.72. The number of ether oxygens (including phenoxy) is 1. The lowest BCUT2D eigenvalue weighted by atomic mass is 9.64. The van der Waals surface area contributed by atoms with Gasteiger partial charge in [-0.3, -0.25) is 4.68 Å². The van der Waals surface area contributed by atoms with E-state index < -0.39 is 0 Å². The van der Waals surface area contributed by atoms with E-state index in [0.29, 0.717) is 12.1 Å². The number of aryl methyl sites for hydroxylation is 1. The maximum atomic E-state index is 5.72. The van der Waals surface area contributed by atoms with E-state index in [1.807, 2.05) is 7.05 Å². The Kier molecular flexibility index (Phi) is 4.02. The van der Waals surface area contributed by atoms with Crippen molar-refractivity contribution < 1.29 is 4.74 Å². The molecule has 102 valence electrons. The topological polar surface area (TPSA) is 52.0 Å². The van der Waals surface area contributed by atoms with Crippen molar-refractivity contribution in [1.82, 2.24) is 20.1 Å². The zero-order valence-electron chi connectivity index (χ0n) is 11.8. The Morgan fingerprint density at radius 3 is 2.89 bits per heavy atom. The zero-order chi connectivity index (χ0) is 13.2. The Morgan fingerprint density at radius 2 is 2.33 bits per heavy atom. The van der Waals surface area contributed by atoms with Gasteiger partial charge in [0, 0.05) is 38.1 Å². The van der Waals surface area contributed by atoms with Gasteiger partial charge in [0.05, 0.1) is 6.10 Å². The normalized spacial score (nSPS) is 26.0. The summed E-state index contributed by atoms with van der Waals surface area (Å²) in [6, 6.07) is 0.540. The molecule has 0 radical (unpaired) electrons. The summed E-state index contributed by atoms with van der Waals surface area (Å²) in [5.74, 6) is 0.906. The van der Waals surface area contributed by atoms with Gasteiger partial charge in [-0.2, -0.15) is 5.10 Å². The molecule has 0 spiro atoms. The minimum Gasteiger partial charge on any atom is -0.378 e. The van der Waals surface area contributed by atoms with E-state index in [2.05, 4.69) is 36.2 Å². The summed E-state index contributed by atoms with van der Waals surface area (Å²) in [5, 5.41) is 7.86. The highest BCUT2D eigenvalue weighted by molar-refractivity contribution is 5.03. The largest absolute Gasteiger partial charge is 0.378 e. The SMILES string of the molecule is CCOC1CC(NCCc2ncn(C)n2)C1(C)C. The van der Waals surface area contributed by atoms with E-state index >= 15 is 0 Å². The highest BCUT2D eigenvalue weighted by atomic mass is 16.5. The first-order valence-electron chi connectivity index (χ1n) is 6.73. The minimum absolute atomic E-state index is 0.230. The van der Waals surface area contributed by atoms with Gasteiger partial charge in [-0.1, -0.05) is 13.8 Å². The Hall–Kier alpha value is -0.940. The summed E-state index contributed by atoms with van der Waals surface area (Å²) >= 11 is 0. The van der Waals surface area contributed by atoms with Crippen LogP contribution in [0.25, 0.3) is 0 Å². The summed E-state index contributed by atoms with van der Waals surface area (Å²) in [5.41, 5.74) is 0.230. The van der Waals surface area contributed by atoms with Crippen LogP contribution in [0.2, 0.25) is 0 Å². The maximum absolute atomic E-state index is 5.72. The van der Waals surface area contributed by atoms with Gasteiger partial charge in [0.1, 0.15) is 6.33 Å². The molecule has 1 aliphatic carbocycles. The molecule has 2 rings (SSSR count). The van der Waals surface area contributed by atoms with Crippen molar-refractivity contribution in [3.8, 4) is 0 Å². The van der Waals surface area contributed by atoms with Crippen molar-refractivity contribution in [1.29, 1.82) is 0 Å². The predicted molar refractivity (Wildman–Crippen MR) is 70.3 cm³/mol. The van der Waals surface area contributed by atoms with Crippen molar-refractivity contribution in [2.45, 2.75) is 45.8 Å². The number of aromatic nitrogens is 3. The quantitative estimate of drug-likeness (QED) is 0.825. The first-order valence-corrected chi connectivity index (χ1v) is 6.73. The van der Waals surface area contributed by atoms with E-state index in [1.54, 1.807) is 11.0 Å². The average Bonchev–Trinajstić information content (AvgIpc) is 2.73. The molecule has 5 nitrogen and oxygen atoms in total. The Morgan fingerprint density at radius 1 is 1.56 bits per heavy atom. The van der Waals surface area contributed by atoms with E-state index in [-0.39, 0.29) is 5.41 Å². The van der Waals surface area contributed by atoms with Gasteiger partial charge in [-0.25, -0.2) is 4.98 Å². The summed E-state index contributed by atoms with van der Waals surface area (Å²) in [6.07, 6.45) is 4.13. The summed E-state index contributed by atoms with van der Waals surface area (Å²) in [6.45, 7) is 8.33. The van der Waals surface area contributed by atoms with Gasteiger partial charge < -0.3 is 10.1 Å². The number of hydrogen-bond donors (Lipinski definition) is 1. The molecule has 1 aromatic heterocycles. The van der Waals surface area contributed by atoms with E-state index in [9.17, 15) is 0 Å². The molecule has 18 heavy (non-hydrogen) atoms. The molecule has 1 N–H and O–H groups in total. The van der Waals surface area contributed by atoms with Crippen LogP contribution in [-0.2, 0) is 18.2 Å². The van der Waals surface area contributed by atoms with Crippen molar-refractivity contribution in [2.75, 3.05) is 13.2 Å². The van der Waals surface area contributed by atoms with Crippen molar-refractivity contribution >= 4 is 0 Å². The third-order valence-corrected chi connectivity index (χ3v) is 3.93. The Bertz CT molecular complexity index is 388. The molecular weight excluding hydrogens is 228 g/mol. The van der Waals surface area contributed by atoms with Crippen molar-refractivity contribution in [2.24, 2.45) is 12.5 Å². The third-order valence-electron chi connectivity index (χ3n) is 3.93. The van der Waals surface area contributed by atoms with Crippen molar-refractivity contribution in [3.63, 3.8) is 0 Å². The van der Waals surface area contributed by atoms with Crippen LogP contribution in [0.3, 0.4) is 0 Å². The molecule has 0 aromatic carbocycles. The molecule has 1 saturated carbocycles. The van der Waals surface area contributed by atoms with Crippen LogP contribution in [0.1, 0.15) is 33.0 Å². The summed E-state index contributed by atoms with van der Waals surface area (Å²) in [7, 11) is 1.89. The van der Waals surface area contributed by atoms with Gasteiger partial charge >= 0.3 is 0 Å². The van der Waals surface area contributed by atoms with Crippen LogP contribution in [0.5, 0.6) is 0 Å². The smallest absolute Gasteiger partial charge is 0.151 e. The first-order chi connectivity index (χ1) is 8.54. The lowest BCUT2D eigenvalue weighted by Crippen LogP contribution is -2.61. The van der Waals surface area contributed by atoms with Crippen molar-refractivity contribution in [3.05, 3.63) is 12.2 Å². The fraction of sp³-hybridized carbons (Fsp3) is 0.846. The summed E-state index contributed by atoms with van der Waals surface area (Å²) < 4.78 is 7.47. The lowest BCUT2D eigenvalue weighted by molar-refractivity contribution is -0.113. The predicted octanol–water partition coefficient (Wildman–Crippen LogP) is 1.15. The van der Waals surface area contributed by atoms with Crippen LogP contribution in [0, 0.1) is 5.41 Å². The molecule has 1 aromatic rings. The Balaban J connectivity index is 1.72. The number of hydrogen-bond acceptors (Lipinski definition) is 4.